The fraction of sp³-hybridized carbons (Fsp3) is 0.158. The van der Waals surface area contributed by atoms with Crippen molar-refractivity contribution < 1.29 is 14.0 Å². The SMILES string of the molecule is NC(=O)Cn1c(SCc2nnc(C(=O)NCc3ccc(F)cc3)s2)nnc1-c1cccs1. The second-order valence-corrected chi connectivity index (χ2v) is 9.39. The zero-order valence-corrected chi connectivity index (χ0v) is 18.8. The molecule has 0 aliphatic heterocycles. The summed E-state index contributed by atoms with van der Waals surface area (Å²) in [6, 6.07) is 9.66. The molecule has 0 fully saturated rings. The van der Waals surface area contributed by atoms with Crippen molar-refractivity contribution in [1.29, 1.82) is 0 Å². The lowest BCUT2D eigenvalue weighted by Gasteiger charge is -2.06. The van der Waals surface area contributed by atoms with Crippen LogP contribution in [0.15, 0.2) is 46.9 Å². The molecule has 3 aromatic heterocycles. The van der Waals surface area contributed by atoms with E-state index >= 15 is 0 Å². The molecule has 0 radical (unpaired) electrons. The summed E-state index contributed by atoms with van der Waals surface area (Å²) in [5, 5.41) is 22.4. The number of nitrogens with one attached hydrogen (secondary N) is 1. The minimum Gasteiger partial charge on any atom is -0.368 e. The Morgan fingerprint density at radius 2 is 1.94 bits per heavy atom. The number of hydrogen-bond donors (Lipinski definition) is 2. The van der Waals surface area contributed by atoms with Gasteiger partial charge in [-0.2, -0.15) is 0 Å². The second-order valence-electron chi connectivity index (χ2n) is 6.43. The van der Waals surface area contributed by atoms with Crippen LogP contribution in [0.1, 0.15) is 20.4 Å². The molecule has 0 unspecified atom stereocenters. The van der Waals surface area contributed by atoms with Gasteiger partial charge in [0.25, 0.3) is 5.91 Å². The first-order valence-electron chi connectivity index (χ1n) is 9.23. The summed E-state index contributed by atoms with van der Waals surface area (Å²) in [4.78, 5) is 24.7. The molecule has 3 N–H and O–H groups in total. The van der Waals surface area contributed by atoms with Gasteiger partial charge < -0.3 is 11.1 Å². The lowest BCUT2D eigenvalue weighted by atomic mass is 10.2. The van der Waals surface area contributed by atoms with Crippen LogP contribution in [-0.2, 0) is 23.6 Å². The lowest BCUT2D eigenvalue weighted by molar-refractivity contribution is -0.118. The van der Waals surface area contributed by atoms with Crippen LogP contribution >= 0.6 is 34.4 Å². The predicted octanol–water partition coefficient (Wildman–Crippen LogP) is 2.70. The Morgan fingerprint density at radius 3 is 2.66 bits per heavy atom. The maximum Gasteiger partial charge on any atom is 0.282 e. The number of amides is 2. The third-order valence-corrected chi connectivity index (χ3v) is 7.07. The van der Waals surface area contributed by atoms with Gasteiger partial charge in [0.2, 0.25) is 10.9 Å². The largest absolute Gasteiger partial charge is 0.368 e. The predicted molar refractivity (Wildman–Crippen MR) is 120 cm³/mol. The molecule has 3 heterocycles. The minimum atomic E-state index is -0.500. The maximum atomic E-state index is 13.0. The topological polar surface area (TPSA) is 129 Å². The molecular weight excluding hydrogens is 473 g/mol. The van der Waals surface area contributed by atoms with E-state index in [1.807, 2.05) is 17.5 Å². The highest BCUT2D eigenvalue weighted by Crippen LogP contribution is 2.29. The molecule has 9 nitrogen and oxygen atoms in total. The van der Waals surface area contributed by atoms with Gasteiger partial charge in [-0.15, -0.1) is 31.7 Å². The number of nitrogens with zero attached hydrogens (tertiary/aromatic N) is 5. The number of carbonyl (C=O) groups excluding carboxylic acids is 2. The van der Waals surface area contributed by atoms with Crippen LogP contribution in [-0.4, -0.2) is 36.8 Å². The number of benzene rings is 1. The third kappa shape index (κ3) is 5.36. The number of thiophene rings is 1. The van der Waals surface area contributed by atoms with E-state index < -0.39 is 5.91 Å². The summed E-state index contributed by atoms with van der Waals surface area (Å²) in [6.07, 6.45) is 0. The highest BCUT2D eigenvalue weighted by molar-refractivity contribution is 7.98. The van der Waals surface area contributed by atoms with Gasteiger partial charge in [0.05, 0.1) is 10.6 Å². The first kappa shape index (κ1) is 22.0. The first-order chi connectivity index (χ1) is 15.5. The molecule has 0 aliphatic rings. The van der Waals surface area contributed by atoms with Crippen LogP contribution in [0.4, 0.5) is 4.39 Å². The van der Waals surface area contributed by atoms with Gasteiger partial charge in [0.1, 0.15) is 17.4 Å². The van der Waals surface area contributed by atoms with Gasteiger partial charge in [0, 0.05) is 6.54 Å². The van der Waals surface area contributed by atoms with E-state index in [2.05, 4.69) is 25.7 Å². The molecule has 0 bridgehead atoms. The van der Waals surface area contributed by atoms with Crippen LogP contribution in [0.2, 0.25) is 0 Å². The Bertz CT molecular complexity index is 1220. The standard InChI is InChI=1S/C19H16FN7O2S3/c20-12-5-3-11(4-6-12)8-22-17(29)18-25-23-15(32-18)10-31-19-26-24-16(13-2-1-7-30-13)27(19)9-14(21)28/h1-7H,8-10H2,(H2,21,28)(H,22,29). The van der Waals surface area contributed by atoms with E-state index in [1.54, 1.807) is 16.7 Å². The number of nitrogens with two attached hydrogens (primary N) is 1. The van der Waals surface area contributed by atoms with E-state index in [1.165, 1.54) is 35.2 Å². The normalized spacial score (nSPS) is 10.9. The summed E-state index contributed by atoms with van der Waals surface area (Å²) in [5.41, 5.74) is 6.17. The molecular formula is C19H16FN7O2S3. The van der Waals surface area contributed by atoms with Gasteiger partial charge in [0.15, 0.2) is 11.0 Å². The zero-order valence-electron chi connectivity index (χ0n) is 16.4. The fourth-order valence-electron chi connectivity index (χ4n) is 2.67. The Morgan fingerprint density at radius 1 is 1.12 bits per heavy atom. The van der Waals surface area contributed by atoms with Gasteiger partial charge in [-0.1, -0.05) is 41.3 Å². The molecule has 32 heavy (non-hydrogen) atoms. The van der Waals surface area contributed by atoms with Gasteiger partial charge in [-0.3, -0.25) is 14.2 Å². The van der Waals surface area contributed by atoms with Crippen molar-refractivity contribution in [3.63, 3.8) is 0 Å². The van der Waals surface area contributed by atoms with Gasteiger partial charge in [-0.05, 0) is 29.1 Å². The maximum absolute atomic E-state index is 13.0. The molecule has 0 saturated carbocycles. The monoisotopic (exact) mass is 489 g/mol. The van der Waals surface area contributed by atoms with E-state index in [0.29, 0.717) is 21.7 Å². The number of primary amides is 1. The number of carbonyl (C=O) groups is 2. The Kier molecular flexibility index (Phi) is 6.87. The van der Waals surface area contributed by atoms with Crippen LogP contribution in [0, 0.1) is 5.82 Å². The van der Waals surface area contributed by atoms with Crippen LogP contribution < -0.4 is 11.1 Å². The lowest BCUT2D eigenvalue weighted by Crippen LogP contribution is -2.22. The van der Waals surface area contributed by atoms with Gasteiger partial charge >= 0.3 is 0 Å². The number of halogens is 1. The number of aromatic nitrogens is 5. The van der Waals surface area contributed by atoms with E-state index in [0.717, 1.165) is 21.8 Å². The molecule has 4 rings (SSSR count). The number of rotatable bonds is 9. The molecule has 13 heteroatoms. The van der Waals surface area contributed by atoms with Crippen molar-refractivity contribution in [1.82, 2.24) is 30.3 Å². The summed E-state index contributed by atoms with van der Waals surface area (Å²) in [6.45, 7) is 0.209. The Balaban J connectivity index is 1.39. The van der Waals surface area contributed by atoms with Crippen molar-refractivity contribution >= 4 is 46.2 Å². The summed E-state index contributed by atoms with van der Waals surface area (Å²) in [7, 11) is 0. The van der Waals surface area contributed by atoms with E-state index in [4.69, 9.17) is 5.73 Å². The number of thioether (sulfide) groups is 1. The molecule has 4 aromatic rings. The van der Waals surface area contributed by atoms with Crippen molar-refractivity contribution in [2.45, 2.75) is 24.0 Å². The van der Waals surface area contributed by atoms with E-state index in [-0.39, 0.29) is 29.8 Å². The molecule has 2 amide bonds. The molecule has 0 atom stereocenters. The summed E-state index contributed by atoms with van der Waals surface area (Å²) in [5.74, 6) is -0.232. The van der Waals surface area contributed by atoms with Crippen molar-refractivity contribution in [3.8, 4) is 10.7 Å². The Hall–Kier alpha value is -3.16. The minimum absolute atomic E-state index is 0.0459. The number of hydrogen-bond acceptors (Lipinski definition) is 9. The van der Waals surface area contributed by atoms with Gasteiger partial charge in [-0.25, -0.2) is 4.39 Å². The summed E-state index contributed by atoms with van der Waals surface area (Å²) < 4.78 is 14.6. The van der Waals surface area contributed by atoms with Crippen molar-refractivity contribution in [2.24, 2.45) is 5.73 Å². The molecule has 164 valence electrons. The quantitative estimate of drug-likeness (QED) is 0.346. The average molecular weight is 490 g/mol. The van der Waals surface area contributed by atoms with E-state index in [9.17, 15) is 14.0 Å². The van der Waals surface area contributed by atoms with Crippen LogP contribution in [0.3, 0.4) is 0 Å². The first-order valence-corrected chi connectivity index (χ1v) is 11.9. The van der Waals surface area contributed by atoms with Crippen molar-refractivity contribution in [2.75, 3.05) is 0 Å². The fourth-order valence-corrected chi connectivity index (χ4v) is 5.07. The molecule has 1 aromatic carbocycles. The highest BCUT2D eigenvalue weighted by Gasteiger charge is 2.18. The second kappa shape index (κ2) is 9.97. The zero-order chi connectivity index (χ0) is 22.5. The third-order valence-electron chi connectivity index (χ3n) is 4.12. The molecule has 0 spiro atoms. The molecule has 0 saturated heterocycles. The molecule has 0 aliphatic carbocycles. The Labute approximate surface area is 193 Å². The van der Waals surface area contributed by atoms with Crippen molar-refractivity contribution in [3.05, 3.63) is 63.2 Å². The van der Waals surface area contributed by atoms with Crippen LogP contribution in [0.25, 0.3) is 10.7 Å². The summed E-state index contributed by atoms with van der Waals surface area (Å²) >= 11 is 3.97. The average Bonchev–Trinajstić information content (AvgIpc) is 3.52. The smallest absolute Gasteiger partial charge is 0.282 e. The van der Waals surface area contributed by atoms with Crippen LogP contribution in [0.5, 0.6) is 0 Å². The highest BCUT2D eigenvalue weighted by atomic mass is 32.2.